The molecule has 1 aliphatic heterocycles. The molecule has 1 N–H and O–H groups in total. The topological polar surface area (TPSA) is 44.7 Å². The van der Waals surface area contributed by atoms with Crippen LogP contribution in [-0.4, -0.2) is 33.8 Å². The van der Waals surface area contributed by atoms with Crippen molar-refractivity contribution in [1.82, 2.24) is 4.90 Å². The molecule has 2 fully saturated rings. The van der Waals surface area contributed by atoms with E-state index in [9.17, 15) is 4.79 Å². The molecule has 184 valence electrons. The van der Waals surface area contributed by atoms with Gasteiger partial charge in [0.05, 0.1) is 6.04 Å². The fourth-order valence-corrected chi connectivity index (χ4v) is 5.93. The number of amidine groups is 1. The van der Waals surface area contributed by atoms with Crippen molar-refractivity contribution in [2.75, 3.05) is 11.1 Å². The fraction of sp³-hybridized carbons (Fsp3) is 0.500. The van der Waals surface area contributed by atoms with Gasteiger partial charge in [0.2, 0.25) is 5.91 Å². The van der Waals surface area contributed by atoms with Crippen LogP contribution in [0.25, 0.3) is 0 Å². The van der Waals surface area contributed by atoms with Crippen molar-refractivity contribution in [2.24, 2.45) is 4.99 Å². The predicted octanol–water partition coefficient (Wildman–Crippen LogP) is 7.09. The molecule has 1 saturated heterocycles. The van der Waals surface area contributed by atoms with Crippen LogP contribution >= 0.6 is 24.2 Å². The lowest BCUT2D eigenvalue weighted by atomic mass is 9.96. The van der Waals surface area contributed by atoms with Crippen LogP contribution in [-0.2, 0) is 17.8 Å². The van der Waals surface area contributed by atoms with E-state index in [1.807, 2.05) is 23.9 Å². The average Bonchev–Trinajstić information content (AvgIpc) is 3.20. The summed E-state index contributed by atoms with van der Waals surface area (Å²) in [6, 6.07) is 19.5. The first-order chi connectivity index (χ1) is 16.2. The smallest absolute Gasteiger partial charge is 0.226 e. The summed E-state index contributed by atoms with van der Waals surface area (Å²) in [7, 11) is 0. The molecule has 2 aromatic carbocycles. The number of benzene rings is 2. The Bertz CT molecular complexity index is 913. The van der Waals surface area contributed by atoms with Crippen LogP contribution < -0.4 is 5.32 Å². The number of nitrogens with zero attached hydrogens (tertiary/aromatic N) is 2. The highest BCUT2D eigenvalue weighted by Gasteiger charge is 2.32. The number of halogens is 1. The number of amides is 1. The number of hydrogen-bond donors (Lipinski definition) is 1. The second kappa shape index (κ2) is 13.8. The molecule has 6 heteroatoms. The van der Waals surface area contributed by atoms with Gasteiger partial charge < -0.3 is 10.2 Å². The van der Waals surface area contributed by atoms with Gasteiger partial charge in [0.15, 0.2) is 5.17 Å². The van der Waals surface area contributed by atoms with Crippen molar-refractivity contribution in [1.29, 1.82) is 0 Å². The van der Waals surface area contributed by atoms with E-state index in [-0.39, 0.29) is 24.4 Å². The predicted molar refractivity (Wildman–Crippen MR) is 148 cm³/mol. The van der Waals surface area contributed by atoms with E-state index in [1.165, 1.54) is 56.1 Å². The molecule has 4 nitrogen and oxygen atoms in total. The Morgan fingerprint density at radius 1 is 1.03 bits per heavy atom. The summed E-state index contributed by atoms with van der Waals surface area (Å²) < 4.78 is 0. The van der Waals surface area contributed by atoms with E-state index in [1.54, 1.807) is 0 Å². The first-order valence-electron chi connectivity index (χ1n) is 12.6. The largest absolute Gasteiger partial charge is 0.343 e. The number of carbonyl (C=O) groups is 1. The molecule has 0 radical (unpaired) electrons. The van der Waals surface area contributed by atoms with Crippen molar-refractivity contribution in [3.63, 3.8) is 0 Å². The highest BCUT2D eigenvalue weighted by molar-refractivity contribution is 8.14. The lowest BCUT2D eigenvalue weighted by Gasteiger charge is -2.27. The minimum absolute atomic E-state index is 0. The first kappa shape index (κ1) is 26.6. The zero-order chi connectivity index (χ0) is 22.9. The van der Waals surface area contributed by atoms with E-state index < -0.39 is 0 Å². The monoisotopic (exact) mass is 499 g/mol. The Morgan fingerprint density at radius 2 is 1.76 bits per heavy atom. The van der Waals surface area contributed by atoms with Gasteiger partial charge in [0.1, 0.15) is 0 Å². The number of carbonyl (C=O) groups excluding carboxylic acids is 1. The molecule has 1 atom stereocenters. The third kappa shape index (κ3) is 7.78. The van der Waals surface area contributed by atoms with E-state index in [0.29, 0.717) is 12.5 Å². The lowest BCUT2D eigenvalue weighted by molar-refractivity contribution is -0.116. The Hall–Kier alpha value is -1.98. The molecule has 4 rings (SSSR count). The second-order valence-electron chi connectivity index (χ2n) is 9.33. The van der Waals surface area contributed by atoms with E-state index in [2.05, 4.69) is 59.6 Å². The number of unbranched alkanes of at least 4 members (excludes halogenated alkanes) is 1. The van der Waals surface area contributed by atoms with Crippen molar-refractivity contribution in [3.8, 4) is 0 Å². The average molecular weight is 500 g/mol. The Morgan fingerprint density at radius 3 is 2.47 bits per heavy atom. The summed E-state index contributed by atoms with van der Waals surface area (Å²) in [5, 5.41) is 4.25. The van der Waals surface area contributed by atoms with Crippen LogP contribution in [0.5, 0.6) is 0 Å². The van der Waals surface area contributed by atoms with Crippen LogP contribution in [0.15, 0.2) is 59.6 Å². The zero-order valence-electron chi connectivity index (χ0n) is 20.2. The quantitative estimate of drug-likeness (QED) is 0.400. The molecule has 2 aliphatic rings. The molecular weight excluding hydrogens is 462 g/mol. The molecule has 0 aromatic heterocycles. The number of aryl methyl sites for hydroxylation is 1. The number of nitrogens with one attached hydrogen (secondary N) is 1. The van der Waals surface area contributed by atoms with Crippen LogP contribution in [0.4, 0.5) is 5.69 Å². The number of thioether (sulfide) groups is 1. The molecule has 0 spiro atoms. The summed E-state index contributed by atoms with van der Waals surface area (Å²) in [4.78, 5) is 20.5. The van der Waals surface area contributed by atoms with Crippen LogP contribution in [0, 0.1) is 0 Å². The van der Waals surface area contributed by atoms with E-state index >= 15 is 0 Å². The summed E-state index contributed by atoms with van der Waals surface area (Å²) in [5.74, 6) is 1.00. The summed E-state index contributed by atoms with van der Waals surface area (Å²) in [6.45, 7) is 3.02. The van der Waals surface area contributed by atoms with Crippen LogP contribution in [0.3, 0.4) is 0 Å². The number of anilines is 1. The van der Waals surface area contributed by atoms with Gasteiger partial charge >= 0.3 is 0 Å². The molecule has 1 heterocycles. The van der Waals surface area contributed by atoms with Gasteiger partial charge in [-0.3, -0.25) is 9.79 Å². The van der Waals surface area contributed by atoms with Crippen molar-refractivity contribution in [3.05, 3.63) is 65.7 Å². The molecule has 1 unspecified atom stereocenters. The molecule has 2 aromatic rings. The molecular formula is C28H38ClN3OS. The highest BCUT2D eigenvalue weighted by atomic mass is 35.5. The normalized spacial score (nSPS) is 19.7. The fourth-order valence-electron chi connectivity index (χ4n) is 4.69. The van der Waals surface area contributed by atoms with E-state index in [0.717, 1.165) is 29.6 Å². The van der Waals surface area contributed by atoms with Crippen molar-refractivity contribution < 1.29 is 4.79 Å². The number of hydrogen-bond acceptors (Lipinski definition) is 3. The summed E-state index contributed by atoms with van der Waals surface area (Å²) >= 11 is 1.83. The minimum atomic E-state index is 0. The number of aliphatic imine (C=N–C) groups is 1. The third-order valence-electron chi connectivity index (χ3n) is 6.63. The maximum absolute atomic E-state index is 12.9. The highest BCUT2D eigenvalue weighted by Crippen LogP contribution is 2.31. The molecule has 1 amide bonds. The van der Waals surface area contributed by atoms with Crippen molar-refractivity contribution >= 4 is 40.9 Å². The van der Waals surface area contributed by atoms with Gasteiger partial charge in [-0.05, 0) is 48.9 Å². The molecule has 1 saturated carbocycles. The van der Waals surface area contributed by atoms with Gasteiger partial charge in [0.25, 0.3) is 0 Å². The van der Waals surface area contributed by atoms with Crippen LogP contribution in [0.2, 0.25) is 0 Å². The Kier molecular flexibility index (Phi) is 10.8. The molecule has 1 aliphatic carbocycles. The minimum Gasteiger partial charge on any atom is -0.343 e. The van der Waals surface area contributed by atoms with Gasteiger partial charge in [-0.15, -0.1) is 12.4 Å². The van der Waals surface area contributed by atoms with Crippen molar-refractivity contribution in [2.45, 2.75) is 83.3 Å². The maximum Gasteiger partial charge on any atom is 0.226 e. The number of rotatable bonds is 9. The van der Waals surface area contributed by atoms with Gasteiger partial charge in [-0.25, -0.2) is 0 Å². The second-order valence-corrected chi connectivity index (χ2v) is 10.3. The van der Waals surface area contributed by atoms with Gasteiger partial charge in [-0.1, -0.05) is 86.8 Å². The van der Waals surface area contributed by atoms with Gasteiger partial charge in [0, 0.05) is 30.4 Å². The van der Waals surface area contributed by atoms with Crippen LogP contribution in [0.1, 0.15) is 69.4 Å². The first-order valence-corrected chi connectivity index (χ1v) is 13.6. The van der Waals surface area contributed by atoms with Gasteiger partial charge in [-0.2, -0.15) is 0 Å². The van der Waals surface area contributed by atoms with E-state index in [4.69, 9.17) is 4.99 Å². The summed E-state index contributed by atoms with van der Waals surface area (Å²) in [6.07, 6.45) is 10.3. The zero-order valence-corrected chi connectivity index (χ0v) is 21.9. The maximum atomic E-state index is 12.9. The SMILES string of the molecule is CCCCc1ccc(NC(=O)CC2CS/C(=N\C3CCCCC3)N2Cc2ccccc2)cc1.Cl. The molecule has 0 bridgehead atoms. The molecule has 34 heavy (non-hydrogen) atoms. The Balaban J connectivity index is 0.00000324. The summed E-state index contributed by atoms with van der Waals surface area (Å²) in [5.41, 5.74) is 3.49. The standard InChI is InChI=1S/C28H37N3OS.ClH/c1-2-3-10-22-15-17-25(18-16-22)29-27(32)19-26-21-33-28(30-24-13-8-5-9-14-24)31(26)20-23-11-6-4-7-12-23;/h4,6-7,11-12,15-18,24,26H,2-3,5,8-10,13-14,19-21H2,1H3,(H,29,32);1H/b30-28-;. The third-order valence-corrected chi connectivity index (χ3v) is 7.78. The lowest BCUT2D eigenvalue weighted by Crippen LogP contribution is -2.37. The Labute approximate surface area is 215 Å².